The van der Waals surface area contributed by atoms with Gasteiger partial charge in [0, 0.05) is 12.3 Å². The van der Waals surface area contributed by atoms with Crippen LogP contribution in [-0.4, -0.2) is 41.8 Å². The summed E-state index contributed by atoms with van der Waals surface area (Å²) in [6, 6.07) is 23.1. The highest BCUT2D eigenvalue weighted by atomic mass is 16.5. The number of fused-ring (bicyclic) bond motifs is 3. The van der Waals surface area contributed by atoms with Crippen LogP contribution >= 0.6 is 0 Å². The van der Waals surface area contributed by atoms with Crippen LogP contribution in [0.3, 0.4) is 0 Å². The Morgan fingerprint density at radius 2 is 1.40 bits per heavy atom. The Morgan fingerprint density at radius 1 is 0.829 bits per heavy atom. The van der Waals surface area contributed by atoms with Gasteiger partial charge in [-0.3, -0.25) is 4.79 Å². The third-order valence-electron chi connectivity index (χ3n) is 6.26. The van der Waals surface area contributed by atoms with Crippen molar-refractivity contribution in [2.75, 3.05) is 6.61 Å². The van der Waals surface area contributed by atoms with E-state index in [1.54, 1.807) is 19.1 Å². The monoisotopic (exact) mass is 472 g/mol. The quantitative estimate of drug-likeness (QED) is 0.435. The van der Waals surface area contributed by atoms with Gasteiger partial charge in [-0.15, -0.1) is 0 Å². The molecule has 35 heavy (non-hydrogen) atoms. The van der Waals surface area contributed by atoms with Gasteiger partial charge >= 0.3 is 12.1 Å². The first-order chi connectivity index (χ1) is 17.0. The molecule has 0 saturated heterocycles. The Hall–Kier alpha value is -4.13. The number of rotatable bonds is 9. The summed E-state index contributed by atoms with van der Waals surface area (Å²) < 4.78 is 5.52. The second-order valence-corrected chi connectivity index (χ2v) is 8.52. The van der Waals surface area contributed by atoms with E-state index in [0.717, 1.165) is 27.8 Å². The molecule has 0 fully saturated rings. The van der Waals surface area contributed by atoms with Crippen molar-refractivity contribution in [1.82, 2.24) is 10.6 Å². The van der Waals surface area contributed by atoms with Crippen LogP contribution in [0.25, 0.3) is 11.1 Å². The minimum atomic E-state index is -1.14. The fourth-order valence-corrected chi connectivity index (χ4v) is 4.46. The molecule has 0 aliphatic heterocycles. The van der Waals surface area contributed by atoms with Crippen molar-refractivity contribution in [3.05, 3.63) is 95.6 Å². The summed E-state index contributed by atoms with van der Waals surface area (Å²) in [5.74, 6) is -1.80. The molecule has 3 aromatic rings. The molecule has 1 aliphatic rings. The number of hydrogen-bond acceptors (Lipinski definition) is 4. The van der Waals surface area contributed by atoms with Crippen LogP contribution in [0.15, 0.2) is 78.9 Å². The smallest absolute Gasteiger partial charge is 0.407 e. The number of carbonyl (C=O) groups is 3. The SMILES string of the molecule is CCC(NC(=O)OCC1c2ccccc2-c2ccccc21)C(=O)N[C@H](Cc1ccccc1)C(=O)O. The summed E-state index contributed by atoms with van der Waals surface area (Å²) in [5, 5.41) is 14.7. The van der Waals surface area contributed by atoms with Crippen LogP contribution in [0.2, 0.25) is 0 Å². The highest BCUT2D eigenvalue weighted by molar-refractivity contribution is 5.89. The van der Waals surface area contributed by atoms with Gasteiger partial charge in [-0.25, -0.2) is 9.59 Å². The summed E-state index contributed by atoms with van der Waals surface area (Å²) in [7, 11) is 0. The predicted octanol–water partition coefficient (Wildman–Crippen LogP) is 4.12. The lowest BCUT2D eigenvalue weighted by molar-refractivity contribution is -0.142. The molecule has 0 heterocycles. The van der Waals surface area contributed by atoms with E-state index in [1.165, 1.54) is 0 Å². The molecule has 3 N–H and O–H groups in total. The summed E-state index contributed by atoms with van der Waals surface area (Å²) in [6.45, 7) is 1.87. The standard InChI is InChI=1S/C28H28N2O5/c1-2-24(26(31)29-25(27(32)33)16-18-10-4-3-5-11-18)30-28(34)35-17-23-21-14-8-6-12-19(21)20-13-7-9-15-22(20)23/h3-15,23-25H,2,16-17H2,1H3,(H,29,31)(H,30,34)(H,32,33)/t24?,25-/m1/s1. The number of carboxylic acids is 1. The highest BCUT2D eigenvalue weighted by Crippen LogP contribution is 2.44. The van der Waals surface area contributed by atoms with Crippen molar-refractivity contribution in [3.8, 4) is 11.1 Å². The molecule has 180 valence electrons. The Labute approximate surface area is 204 Å². The predicted molar refractivity (Wildman–Crippen MR) is 132 cm³/mol. The fraction of sp³-hybridized carbons (Fsp3) is 0.250. The summed E-state index contributed by atoms with van der Waals surface area (Å²) >= 11 is 0. The van der Waals surface area contributed by atoms with E-state index in [2.05, 4.69) is 22.8 Å². The average Bonchev–Trinajstić information content (AvgIpc) is 3.19. The molecule has 0 aromatic heterocycles. The van der Waals surface area contributed by atoms with Gasteiger partial charge in [-0.05, 0) is 34.2 Å². The Bertz CT molecular complexity index is 1170. The number of aliphatic carboxylic acids is 1. The number of ether oxygens (including phenoxy) is 1. The van der Waals surface area contributed by atoms with E-state index in [4.69, 9.17) is 4.74 Å². The fourth-order valence-electron chi connectivity index (χ4n) is 4.46. The molecule has 0 bridgehead atoms. The number of benzene rings is 3. The van der Waals surface area contributed by atoms with Crippen molar-refractivity contribution in [2.45, 2.75) is 37.8 Å². The number of nitrogens with one attached hydrogen (secondary N) is 2. The van der Waals surface area contributed by atoms with Gasteiger partial charge in [-0.2, -0.15) is 0 Å². The third-order valence-corrected chi connectivity index (χ3v) is 6.26. The summed E-state index contributed by atoms with van der Waals surface area (Å²) in [5.41, 5.74) is 5.23. The number of amides is 2. The molecule has 7 heteroatoms. The van der Waals surface area contributed by atoms with Gasteiger partial charge in [0.1, 0.15) is 18.7 Å². The Balaban J connectivity index is 1.36. The maximum atomic E-state index is 12.8. The highest BCUT2D eigenvalue weighted by Gasteiger charge is 2.30. The largest absolute Gasteiger partial charge is 0.480 e. The lowest BCUT2D eigenvalue weighted by Gasteiger charge is -2.21. The second-order valence-electron chi connectivity index (χ2n) is 8.52. The number of hydrogen-bond donors (Lipinski definition) is 3. The third kappa shape index (κ3) is 5.51. The van der Waals surface area contributed by atoms with Crippen molar-refractivity contribution < 1.29 is 24.2 Å². The van der Waals surface area contributed by atoms with E-state index in [0.29, 0.717) is 0 Å². The molecular weight excluding hydrogens is 444 g/mol. The van der Waals surface area contributed by atoms with Gasteiger partial charge in [-0.1, -0.05) is 85.8 Å². The molecule has 0 spiro atoms. The first-order valence-electron chi connectivity index (χ1n) is 11.7. The van der Waals surface area contributed by atoms with Crippen LogP contribution in [0.5, 0.6) is 0 Å². The van der Waals surface area contributed by atoms with Crippen LogP contribution in [-0.2, 0) is 20.7 Å². The normalized spacial score (nSPS) is 13.7. The minimum Gasteiger partial charge on any atom is -0.480 e. The zero-order chi connectivity index (χ0) is 24.8. The molecule has 1 unspecified atom stereocenters. The zero-order valence-corrected chi connectivity index (χ0v) is 19.4. The molecule has 7 nitrogen and oxygen atoms in total. The molecule has 2 amide bonds. The Kier molecular flexibility index (Phi) is 7.45. The molecule has 1 aliphatic carbocycles. The van der Waals surface area contributed by atoms with E-state index >= 15 is 0 Å². The van der Waals surface area contributed by atoms with Gasteiger partial charge in [0.15, 0.2) is 0 Å². The second kappa shape index (κ2) is 10.9. The topological polar surface area (TPSA) is 105 Å². The maximum absolute atomic E-state index is 12.8. The summed E-state index contributed by atoms with van der Waals surface area (Å²) in [4.78, 5) is 37.0. The number of carbonyl (C=O) groups excluding carboxylic acids is 2. The van der Waals surface area contributed by atoms with Crippen LogP contribution in [0.4, 0.5) is 4.79 Å². The minimum absolute atomic E-state index is 0.0932. The van der Waals surface area contributed by atoms with E-state index in [-0.39, 0.29) is 25.4 Å². The maximum Gasteiger partial charge on any atom is 0.407 e. The van der Waals surface area contributed by atoms with Crippen LogP contribution in [0.1, 0.15) is 36.0 Å². The number of alkyl carbamates (subject to hydrolysis) is 1. The van der Waals surface area contributed by atoms with Gasteiger partial charge in [0.2, 0.25) is 5.91 Å². The van der Waals surface area contributed by atoms with Crippen molar-refractivity contribution in [3.63, 3.8) is 0 Å². The first-order valence-corrected chi connectivity index (χ1v) is 11.7. The van der Waals surface area contributed by atoms with Crippen LogP contribution < -0.4 is 10.6 Å². The van der Waals surface area contributed by atoms with Gasteiger partial charge < -0.3 is 20.5 Å². The molecular formula is C28H28N2O5. The summed E-state index contributed by atoms with van der Waals surface area (Å²) in [6.07, 6.45) is -0.291. The molecule has 0 radical (unpaired) electrons. The van der Waals surface area contributed by atoms with Gasteiger partial charge in [0.25, 0.3) is 0 Å². The lowest BCUT2D eigenvalue weighted by Crippen LogP contribution is -2.52. The van der Waals surface area contributed by atoms with E-state index in [1.807, 2.05) is 54.6 Å². The van der Waals surface area contributed by atoms with Crippen molar-refractivity contribution >= 4 is 18.0 Å². The Morgan fingerprint density at radius 3 is 1.97 bits per heavy atom. The molecule has 2 atom stereocenters. The zero-order valence-electron chi connectivity index (χ0n) is 19.4. The van der Waals surface area contributed by atoms with E-state index < -0.39 is 30.1 Å². The lowest BCUT2D eigenvalue weighted by atomic mass is 9.98. The molecule has 4 rings (SSSR count). The average molecular weight is 473 g/mol. The molecule has 3 aromatic carbocycles. The van der Waals surface area contributed by atoms with Gasteiger partial charge in [0.05, 0.1) is 0 Å². The van der Waals surface area contributed by atoms with Crippen molar-refractivity contribution in [1.29, 1.82) is 0 Å². The van der Waals surface area contributed by atoms with Crippen LogP contribution in [0, 0.1) is 0 Å². The van der Waals surface area contributed by atoms with Crippen molar-refractivity contribution in [2.24, 2.45) is 0 Å². The van der Waals surface area contributed by atoms with E-state index in [9.17, 15) is 19.5 Å². The molecule has 0 saturated carbocycles. The number of carboxylic acid groups (broad SMARTS) is 1. The first kappa shape index (κ1) is 24.0.